The second-order valence-corrected chi connectivity index (χ2v) is 3.53. The maximum Gasteiger partial charge on any atom is 0.127 e. The van der Waals surface area contributed by atoms with E-state index in [1.807, 2.05) is 54.6 Å². The molecule has 0 saturated carbocycles. The van der Waals surface area contributed by atoms with Gasteiger partial charge in [0.2, 0.25) is 0 Å². The van der Waals surface area contributed by atoms with Crippen molar-refractivity contribution in [3.05, 3.63) is 60.2 Å². The summed E-state index contributed by atoms with van der Waals surface area (Å²) in [5.74, 6) is 2.47. The van der Waals surface area contributed by atoms with E-state index < -0.39 is 0 Å². The van der Waals surface area contributed by atoms with Gasteiger partial charge in [0.25, 0.3) is 0 Å². The lowest BCUT2D eigenvalue weighted by Crippen LogP contribution is -1.84. The summed E-state index contributed by atoms with van der Waals surface area (Å²) in [5, 5.41) is 0. The second kappa shape index (κ2) is 4.89. The minimum absolute atomic E-state index is 0.756. The fraction of sp³-hybridized carbons (Fsp3) is 0.0769. The molecule has 2 aromatic rings. The smallest absolute Gasteiger partial charge is 0.127 e. The molecule has 15 heavy (non-hydrogen) atoms. The van der Waals surface area contributed by atoms with E-state index in [0.717, 1.165) is 17.3 Å². The third kappa shape index (κ3) is 2.77. The number of hydrogen-bond acceptors (Lipinski definition) is 2. The van der Waals surface area contributed by atoms with Crippen LogP contribution in [0.25, 0.3) is 0 Å². The van der Waals surface area contributed by atoms with Gasteiger partial charge in [-0.05, 0) is 29.8 Å². The van der Waals surface area contributed by atoms with Crippen LogP contribution in [0, 0.1) is 0 Å². The standard InChI is InChI=1S/C13H12OS/c15-10-11-6-8-13(9-7-11)14-12-4-2-1-3-5-12/h1-9,15H,10H2. The number of benzene rings is 2. The third-order valence-corrected chi connectivity index (χ3v) is 2.45. The summed E-state index contributed by atoms with van der Waals surface area (Å²) in [7, 11) is 0. The fourth-order valence-electron chi connectivity index (χ4n) is 1.29. The first-order chi connectivity index (χ1) is 7.38. The minimum Gasteiger partial charge on any atom is -0.457 e. The van der Waals surface area contributed by atoms with Crippen molar-refractivity contribution in [3.63, 3.8) is 0 Å². The van der Waals surface area contributed by atoms with Crippen LogP contribution in [0.1, 0.15) is 5.56 Å². The average Bonchev–Trinajstić information content (AvgIpc) is 2.31. The van der Waals surface area contributed by atoms with Gasteiger partial charge in [-0.1, -0.05) is 30.3 Å². The number of ether oxygens (including phenoxy) is 1. The monoisotopic (exact) mass is 216 g/mol. The van der Waals surface area contributed by atoms with Crippen LogP contribution < -0.4 is 4.74 Å². The van der Waals surface area contributed by atoms with Gasteiger partial charge < -0.3 is 4.74 Å². The SMILES string of the molecule is SCc1ccc(Oc2ccccc2)cc1. The molecule has 2 heteroatoms. The highest BCUT2D eigenvalue weighted by molar-refractivity contribution is 7.79. The van der Waals surface area contributed by atoms with Crippen molar-refractivity contribution in [1.82, 2.24) is 0 Å². The van der Waals surface area contributed by atoms with Crippen molar-refractivity contribution in [3.8, 4) is 11.5 Å². The molecule has 1 nitrogen and oxygen atoms in total. The van der Waals surface area contributed by atoms with Gasteiger partial charge in [0.15, 0.2) is 0 Å². The van der Waals surface area contributed by atoms with Crippen molar-refractivity contribution in [1.29, 1.82) is 0 Å². The molecule has 0 fully saturated rings. The van der Waals surface area contributed by atoms with Crippen molar-refractivity contribution in [2.24, 2.45) is 0 Å². The minimum atomic E-state index is 0.756. The number of para-hydroxylation sites is 1. The van der Waals surface area contributed by atoms with Crippen molar-refractivity contribution in [2.45, 2.75) is 5.75 Å². The molecule has 0 radical (unpaired) electrons. The Kier molecular flexibility index (Phi) is 3.30. The molecule has 76 valence electrons. The summed E-state index contributed by atoms with van der Waals surface area (Å²) in [6.07, 6.45) is 0. The summed E-state index contributed by atoms with van der Waals surface area (Å²) in [6.45, 7) is 0. The van der Waals surface area contributed by atoms with Gasteiger partial charge in [0.05, 0.1) is 0 Å². The highest BCUT2D eigenvalue weighted by atomic mass is 32.1. The molecule has 0 aliphatic rings. The average molecular weight is 216 g/mol. The van der Waals surface area contributed by atoms with Crippen LogP contribution in [-0.2, 0) is 5.75 Å². The lowest BCUT2D eigenvalue weighted by atomic mass is 10.2. The Labute approximate surface area is 95.1 Å². The molecule has 2 rings (SSSR count). The van der Waals surface area contributed by atoms with Crippen LogP contribution in [0.3, 0.4) is 0 Å². The molecular weight excluding hydrogens is 204 g/mol. The lowest BCUT2D eigenvalue weighted by molar-refractivity contribution is 0.482. The third-order valence-electron chi connectivity index (χ3n) is 2.08. The quantitative estimate of drug-likeness (QED) is 0.765. The maximum atomic E-state index is 5.65. The van der Waals surface area contributed by atoms with E-state index in [0.29, 0.717) is 0 Å². The van der Waals surface area contributed by atoms with E-state index >= 15 is 0 Å². The van der Waals surface area contributed by atoms with Crippen molar-refractivity contribution < 1.29 is 4.74 Å². The van der Waals surface area contributed by atoms with Crippen LogP contribution in [0.15, 0.2) is 54.6 Å². The van der Waals surface area contributed by atoms with Crippen LogP contribution in [0.4, 0.5) is 0 Å². The summed E-state index contributed by atoms with van der Waals surface area (Å²) < 4.78 is 5.65. The maximum absolute atomic E-state index is 5.65. The van der Waals surface area contributed by atoms with Crippen molar-refractivity contribution in [2.75, 3.05) is 0 Å². The molecule has 0 saturated heterocycles. The van der Waals surface area contributed by atoms with Gasteiger partial charge >= 0.3 is 0 Å². The molecule has 0 unspecified atom stereocenters. The van der Waals surface area contributed by atoms with Crippen LogP contribution in [-0.4, -0.2) is 0 Å². The van der Waals surface area contributed by atoms with Crippen LogP contribution in [0.5, 0.6) is 11.5 Å². The van der Waals surface area contributed by atoms with Gasteiger partial charge in [-0.25, -0.2) is 0 Å². The summed E-state index contributed by atoms with van der Waals surface area (Å²) in [4.78, 5) is 0. The Morgan fingerprint density at radius 1 is 0.800 bits per heavy atom. The zero-order valence-corrected chi connectivity index (χ0v) is 9.15. The molecule has 0 aliphatic heterocycles. The van der Waals surface area contributed by atoms with Crippen LogP contribution >= 0.6 is 12.6 Å². The first kappa shape index (κ1) is 10.1. The molecule has 0 heterocycles. The molecule has 0 spiro atoms. The number of thiol groups is 1. The Hall–Kier alpha value is -1.41. The molecule has 0 bridgehead atoms. The van der Waals surface area contributed by atoms with Crippen LogP contribution in [0.2, 0.25) is 0 Å². The topological polar surface area (TPSA) is 9.23 Å². The lowest BCUT2D eigenvalue weighted by Gasteiger charge is -2.05. The predicted molar refractivity (Wildman–Crippen MR) is 65.6 cm³/mol. The Morgan fingerprint density at radius 3 is 2.00 bits per heavy atom. The molecule has 0 amide bonds. The normalized spacial score (nSPS) is 9.93. The van der Waals surface area contributed by atoms with Gasteiger partial charge in [0, 0.05) is 5.75 Å². The molecule has 0 aliphatic carbocycles. The predicted octanol–water partition coefficient (Wildman–Crippen LogP) is 3.91. The van der Waals surface area contributed by atoms with Gasteiger partial charge in [-0.15, -0.1) is 0 Å². The van der Waals surface area contributed by atoms with E-state index in [-0.39, 0.29) is 0 Å². The number of hydrogen-bond donors (Lipinski definition) is 1. The summed E-state index contributed by atoms with van der Waals surface area (Å²) >= 11 is 4.20. The largest absolute Gasteiger partial charge is 0.457 e. The summed E-state index contributed by atoms with van der Waals surface area (Å²) in [6, 6.07) is 17.7. The van der Waals surface area contributed by atoms with Gasteiger partial charge in [-0.3, -0.25) is 0 Å². The highest BCUT2D eigenvalue weighted by Gasteiger charge is 1.95. The van der Waals surface area contributed by atoms with E-state index in [1.165, 1.54) is 5.56 Å². The molecule has 2 aromatic carbocycles. The Balaban J connectivity index is 2.11. The first-order valence-electron chi connectivity index (χ1n) is 4.81. The number of rotatable bonds is 3. The zero-order valence-electron chi connectivity index (χ0n) is 8.26. The highest BCUT2D eigenvalue weighted by Crippen LogP contribution is 2.21. The van der Waals surface area contributed by atoms with E-state index in [4.69, 9.17) is 4.74 Å². The van der Waals surface area contributed by atoms with Gasteiger partial charge in [0.1, 0.15) is 11.5 Å². The Bertz CT molecular complexity index is 408. The van der Waals surface area contributed by atoms with E-state index in [2.05, 4.69) is 12.6 Å². The Morgan fingerprint density at radius 2 is 1.40 bits per heavy atom. The summed E-state index contributed by atoms with van der Waals surface area (Å²) in [5.41, 5.74) is 1.19. The first-order valence-corrected chi connectivity index (χ1v) is 5.44. The van der Waals surface area contributed by atoms with Gasteiger partial charge in [-0.2, -0.15) is 12.6 Å². The molecule has 0 atom stereocenters. The molecular formula is C13H12OS. The van der Waals surface area contributed by atoms with E-state index in [1.54, 1.807) is 0 Å². The van der Waals surface area contributed by atoms with Crippen molar-refractivity contribution >= 4 is 12.6 Å². The molecule has 0 N–H and O–H groups in total. The second-order valence-electron chi connectivity index (χ2n) is 3.22. The fourth-order valence-corrected chi connectivity index (χ4v) is 1.50. The van der Waals surface area contributed by atoms with E-state index in [9.17, 15) is 0 Å². The molecule has 0 aromatic heterocycles. The zero-order chi connectivity index (χ0) is 10.5.